The minimum atomic E-state index is -4.53. The number of carbonyl (C=O) groups is 3. The molecule has 2 aromatic carbocycles. The molecule has 51 heavy (non-hydrogen) atoms. The number of fused-ring (bicyclic) bond motifs is 2. The van der Waals surface area contributed by atoms with Crippen molar-refractivity contribution in [3.63, 3.8) is 0 Å². The fourth-order valence-corrected chi connectivity index (χ4v) is 9.31. The van der Waals surface area contributed by atoms with Crippen molar-refractivity contribution in [1.82, 2.24) is 19.7 Å². The molecule has 3 fully saturated rings. The Morgan fingerprint density at radius 1 is 1.08 bits per heavy atom. The van der Waals surface area contributed by atoms with Gasteiger partial charge in [0.25, 0.3) is 0 Å². The molecule has 3 amide bonds. The van der Waals surface area contributed by atoms with Crippen LogP contribution in [0, 0.1) is 23.2 Å². The van der Waals surface area contributed by atoms with Gasteiger partial charge < -0.3 is 20.1 Å². The Morgan fingerprint density at radius 3 is 2.53 bits per heavy atom. The van der Waals surface area contributed by atoms with E-state index in [1.54, 1.807) is 17.9 Å². The number of likely N-dealkylation sites (tertiary alicyclic amines) is 1. The van der Waals surface area contributed by atoms with E-state index in [0.717, 1.165) is 41.7 Å². The predicted molar refractivity (Wildman–Crippen MR) is 184 cm³/mol. The third-order valence-electron chi connectivity index (χ3n) is 11.8. The summed E-state index contributed by atoms with van der Waals surface area (Å²) in [5, 5.41) is 14.7. The molecule has 7 atom stereocenters. The first-order chi connectivity index (χ1) is 24.4. The lowest BCUT2D eigenvalue weighted by Crippen LogP contribution is -2.65. The molecule has 7 rings (SSSR count). The van der Waals surface area contributed by atoms with Crippen molar-refractivity contribution in [3.8, 4) is 0 Å². The first-order valence-electron chi connectivity index (χ1n) is 18.3. The fourth-order valence-electron chi connectivity index (χ4n) is 9.31. The van der Waals surface area contributed by atoms with Crippen molar-refractivity contribution in [2.75, 3.05) is 26.2 Å². The lowest BCUT2D eigenvalue weighted by atomic mass is 9.60. The fraction of sp³-hybridized carbons (Fsp3) is 0.564. The summed E-state index contributed by atoms with van der Waals surface area (Å²) in [5.74, 6) is -1.09. The summed E-state index contributed by atoms with van der Waals surface area (Å²) in [4.78, 5) is 45.0. The van der Waals surface area contributed by atoms with Crippen LogP contribution in [0.25, 0.3) is 10.9 Å². The van der Waals surface area contributed by atoms with Gasteiger partial charge in [-0.3, -0.25) is 23.9 Å². The average molecular weight is 709 g/mol. The molecule has 0 bridgehead atoms. The summed E-state index contributed by atoms with van der Waals surface area (Å²) in [6.45, 7) is 4.74. The van der Waals surface area contributed by atoms with E-state index in [2.05, 4.69) is 12.2 Å². The van der Waals surface area contributed by atoms with Gasteiger partial charge in [-0.05, 0) is 79.5 Å². The molecule has 3 heterocycles. The minimum absolute atomic E-state index is 0.0545. The van der Waals surface area contributed by atoms with Gasteiger partial charge in [-0.1, -0.05) is 62.2 Å². The van der Waals surface area contributed by atoms with Crippen molar-refractivity contribution in [3.05, 3.63) is 71.4 Å². The molecule has 2 aliphatic heterocycles. The summed E-state index contributed by atoms with van der Waals surface area (Å²) in [7, 11) is 0. The number of nitrogens with one attached hydrogen (secondary N) is 1. The largest absolute Gasteiger partial charge is 0.488 e. The number of carbonyl (C=O) groups excluding carboxylic acids is 3. The molecule has 0 spiro atoms. The molecule has 7 unspecified atom stereocenters. The maximum Gasteiger partial charge on any atom is 0.488 e. The van der Waals surface area contributed by atoms with Gasteiger partial charge in [-0.2, -0.15) is 0 Å². The molecule has 3 aromatic rings. The molecule has 2 saturated heterocycles. The average Bonchev–Trinajstić information content (AvgIpc) is 3.79. The predicted octanol–water partition coefficient (Wildman–Crippen LogP) is 5.69. The number of alkyl halides is 3. The summed E-state index contributed by atoms with van der Waals surface area (Å²) in [5.41, 5.74) is 1.33. The van der Waals surface area contributed by atoms with E-state index >= 15 is 0 Å². The van der Waals surface area contributed by atoms with E-state index in [1.807, 2.05) is 36.4 Å². The summed E-state index contributed by atoms with van der Waals surface area (Å²) >= 11 is 0. The van der Waals surface area contributed by atoms with E-state index in [1.165, 1.54) is 12.3 Å². The van der Waals surface area contributed by atoms with Gasteiger partial charge >= 0.3 is 6.30 Å². The molecule has 1 saturated carbocycles. The lowest BCUT2D eigenvalue weighted by Gasteiger charge is -2.46. The quantitative estimate of drug-likeness (QED) is 0.298. The molecule has 1 aromatic heterocycles. The zero-order valence-electron chi connectivity index (χ0n) is 29.2. The lowest BCUT2D eigenvalue weighted by molar-refractivity contribution is -0.248. The normalized spacial score (nSPS) is 28.5. The number of amides is 3. The third-order valence-corrected chi connectivity index (χ3v) is 11.8. The maximum atomic E-state index is 14.3. The Bertz CT molecular complexity index is 1770. The van der Waals surface area contributed by atoms with E-state index < -0.39 is 36.0 Å². The minimum Gasteiger partial charge on any atom is -0.355 e. The number of benzene rings is 2. The number of hydrogen-bond donors (Lipinski definition) is 2. The summed E-state index contributed by atoms with van der Waals surface area (Å²) in [6.07, 6.45) is 0.476. The van der Waals surface area contributed by atoms with Crippen molar-refractivity contribution in [1.29, 1.82) is 0 Å². The maximum absolute atomic E-state index is 14.3. The number of ether oxygens (including phenoxy) is 1. The Kier molecular flexibility index (Phi) is 9.68. The van der Waals surface area contributed by atoms with Crippen LogP contribution in [-0.2, 0) is 38.3 Å². The second-order valence-electron chi connectivity index (χ2n) is 15.3. The number of hydrogen-bond acceptors (Lipinski definition) is 5. The second-order valence-corrected chi connectivity index (χ2v) is 15.3. The van der Waals surface area contributed by atoms with Gasteiger partial charge in [0.2, 0.25) is 24.1 Å². The first-order valence-corrected chi connectivity index (χ1v) is 18.3. The zero-order valence-corrected chi connectivity index (χ0v) is 29.2. The van der Waals surface area contributed by atoms with Crippen LogP contribution in [0.4, 0.5) is 13.2 Å². The first kappa shape index (κ1) is 35.5. The number of aliphatic hydroxyl groups excluding tert-OH is 1. The highest BCUT2D eigenvalue weighted by Gasteiger charge is 2.50. The van der Waals surface area contributed by atoms with Crippen molar-refractivity contribution in [2.45, 2.75) is 89.9 Å². The molecular formula is C39H47F3N4O5. The van der Waals surface area contributed by atoms with Gasteiger partial charge in [0, 0.05) is 43.6 Å². The topological polar surface area (TPSA) is 104 Å². The highest BCUT2D eigenvalue weighted by Crippen LogP contribution is 2.53. The van der Waals surface area contributed by atoms with Gasteiger partial charge in [-0.15, -0.1) is 13.2 Å². The van der Waals surface area contributed by atoms with E-state index in [4.69, 9.17) is 4.74 Å². The molecule has 12 heteroatoms. The number of aliphatic hydroxyl groups is 1. The molecule has 2 aliphatic carbocycles. The van der Waals surface area contributed by atoms with Crippen LogP contribution in [0.5, 0.6) is 0 Å². The molecule has 4 aliphatic rings. The number of halogens is 3. The van der Waals surface area contributed by atoms with Gasteiger partial charge in [-0.25, -0.2) is 0 Å². The highest BCUT2D eigenvalue weighted by molar-refractivity contribution is 5.92. The van der Waals surface area contributed by atoms with Gasteiger partial charge in [0.15, 0.2) is 0 Å². The summed E-state index contributed by atoms with van der Waals surface area (Å²) < 4.78 is 48.2. The molecule has 9 nitrogen and oxygen atoms in total. The van der Waals surface area contributed by atoms with Crippen molar-refractivity contribution in [2.24, 2.45) is 23.2 Å². The molecule has 274 valence electrons. The Balaban J connectivity index is 1.10. The number of nitrogens with zero attached hydrogens (tertiary/aromatic N) is 3. The summed E-state index contributed by atoms with van der Waals surface area (Å²) in [6, 6.07) is 13.5. The Labute approximate surface area is 296 Å². The van der Waals surface area contributed by atoms with Crippen LogP contribution < -0.4 is 5.32 Å². The van der Waals surface area contributed by atoms with Crippen LogP contribution in [0.15, 0.2) is 54.7 Å². The Hall–Kier alpha value is -3.90. The van der Waals surface area contributed by atoms with E-state index in [-0.39, 0.29) is 54.7 Å². The zero-order chi connectivity index (χ0) is 36.1. The molecule has 2 N–H and O–H groups in total. The van der Waals surface area contributed by atoms with Crippen LogP contribution in [0.2, 0.25) is 0 Å². The van der Waals surface area contributed by atoms with Crippen molar-refractivity contribution >= 4 is 28.6 Å². The third kappa shape index (κ3) is 6.65. The highest BCUT2D eigenvalue weighted by atomic mass is 19.4. The standard InChI is InChI=1S/C39H47F3N4O5/c1-3-10-25-18-26(19-30-28-13-9-14-31-33(28)27(20-29(25)30)21-45(31)39(40,41)42)34(47)43-22-38(2)23-51-37(50)46(36(38)49)32(17-24-11-5-4-6-12-24)35(48)44-15-7-8-16-44/h4-6,9,11-14,21,25-26,29-30,32,37,50H,3,7-8,10,15-20,22-23H2,1-2H3,(H,43,47). The van der Waals surface area contributed by atoms with Gasteiger partial charge in [0.05, 0.1) is 17.5 Å². The molecule has 0 radical (unpaired) electrons. The Morgan fingerprint density at radius 2 is 1.82 bits per heavy atom. The number of aromatic nitrogens is 1. The van der Waals surface area contributed by atoms with E-state index in [9.17, 15) is 32.7 Å². The van der Waals surface area contributed by atoms with Gasteiger partial charge in [0.1, 0.15) is 6.04 Å². The van der Waals surface area contributed by atoms with Crippen LogP contribution in [0.3, 0.4) is 0 Å². The second kappa shape index (κ2) is 13.9. The van der Waals surface area contributed by atoms with Crippen LogP contribution >= 0.6 is 0 Å². The SMILES string of the molecule is CCCC1CC(C(=O)NCC2(C)COC(O)N(C(Cc3ccccc3)C(=O)N3CCCC3)C2=O)CC2c3cccc4c3c(cn4C(F)(F)F)CC12. The van der Waals surface area contributed by atoms with Crippen LogP contribution in [-0.4, -0.2) is 75.9 Å². The smallest absolute Gasteiger partial charge is 0.355 e. The van der Waals surface area contributed by atoms with E-state index in [0.29, 0.717) is 47.9 Å². The van der Waals surface area contributed by atoms with Crippen molar-refractivity contribution < 1.29 is 37.4 Å². The number of rotatable bonds is 9. The molecular weight excluding hydrogens is 661 g/mol. The van der Waals surface area contributed by atoms with Crippen LogP contribution in [0.1, 0.15) is 75.0 Å². The monoisotopic (exact) mass is 708 g/mol.